The van der Waals surface area contributed by atoms with Gasteiger partial charge in [-0.3, -0.25) is 0 Å². The predicted molar refractivity (Wildman–Crippen MR) is 65.3 cm³/mol. The van der Waals surface area contributed by atoms with Gasteiger partial charge in [0.2, 0.25) is 0 Å². The number of ether oxygens (including phenoxy) is 1. The number of anilines is 1. The normalized spacial score (nSPS) is 11.6. The molecule has 1 N–H and O–H groups in total. The van der Waals surface area contributed by atoms with Crippen LogP contribution in [0.2, 0.25) is 0 Å². The number of hydrogen-bond donors (Lipinski definition) is 1. The van der Waals surface area contributed by atoms with Gasteiger partial charge in [-0.2, -0.15) is 0 Å². The number of rotatable bonds is 5. The molecule has 2 nitrogen and oxygen atoms in total. The molecule has 0 amide bonds. The van der Waals surface area contributed by atoms with Gasteiger partial charge in [0.1, 0.15) is 5.82 Å². The van der Waals surface area contributed by atoms with Gasteiger partial charge >= 0.3 is 0 Å². The van der Waals surface area contributed by atoms with Crippen molar-refractivity contribution in [3.05, 3.63) is 29.6 Å². The van der Waals surface area contributed by atoms with E-state index in [1.165, 1.54) is 12.1 Å². The molecule has 0 saturated carbocycles. The smallest absolute Gasteiger partial charge is 0.125 e. The van der Waals surface area contributed by atoms with Crippen molar-refractivity contribution in [2.45, 2.75) is 32.8 Å². The fourth-order valence-electron chi connectivity index (χ4n) is 1.45. The summed E-state index contributed by atoms with van der Waals surface area (Å²) in [4.78, 5) is 0. The maximum atomic E-state index is 13.1. The van der Waals surface area contributed by atoms with Crippen LogP contribution < -0.4 is 5.32 Å². The van der Waals surface area contributed by atoms with Gasteiger partial charge in [0.05, 0.1) is 5.60 Å². The molecule has 0 spiro atoms. The minimum Gasteiger partial charge on any atom is -0.385 e. The molecule has 1 aromatic carbocycles. The Morgan fingerprint density at radius 2 is 2.00 bits per heavy atom. The molecule has 0 aliphatic heterocycles. The second-order valence-electron chi connectivity index (χ2n) is 4.66. The number of hydrogen-bond acceptors (Lipinski definition) is 2. The lowest BCUT2D eigenvalue weighted by atomic mass is 10.1. The van der Waals surface area contributed by atoms with E-state index in [-0.39, 0.29) is 11.4 Å². The Kier molecular flexibility index (Phi) is 4.30. The highest BCUT2D eigenvalue weighted by atomic mass is 19.1. The zero-order valence-corrected chi connectivity index (χ0v) is 10.4. The SMILES string of the molecule is COC(C)(C)CCNc1cc(C)cc(F)c1. The third-order valence-corrected chi connectivity index (χ3v) is 2.65. The molecule has 1 aromatic rings. The average molecular weight is 225 g/mol. The molecule has 0 radical (unpaired) electrons. The fourth-order valence-corrected chi connectivity index (χ4v) is 1.45. The monoisotopic (exact) mass is 225 g/mol. The van der Waals surface area contributed by atoms with Crippen molar-refractivity contribution < 1.29 is 9.13 Å². The second-order valence-corrected chi connectivity index (χ2v) is 4.66. The maximum absolute atomic E-state index is 13.1. The summed E-state index contributed by atoms with van der Waals surface area (Å²) < 4.78 is 18.4. The van der Waals surface area contributed by atoms with Gasteiger partial charge in [0.25, 0.3) is 0 Å². The zero-order chi connectivity index (χ0) is 12.2. The Labute approximate surface area is 96.8 Å². The van der Waals surface area contributed by atoms with E-state index in [2.05, 4.69) is 5.32 Å². The van der Waals surface area contributed by atoms with E-state index in [1.54, 1.807) is 7.11 Å². The first-order chi connectivity index (χ1) is 7.43. The van der Waals surface area contributed by atoms with E-state index in [9.17, 15) is 4.39 Å². The molecule has 0 unspecified atom stereocenters. The van der Waals surface area contributed by atoms with E-state index in [1.807, 2.05) is 26.8 Å². The predicted octanol–water partition coefficient (Wildman–Crippen LogP) is 3.36. The molecular formula is C13H20FNO. The molecule has 0 bridgehead atoms. The molecule has 0 fully saturated rings. The molecule has 0 aliphatic carbocycles. The molecule has 0 heterocycles. The van der Waals surface area contributed by atoms with Crippen molar-refractivity contribution in [3.63, 3.8) is 0 Å². The molecular weight excluding hydrogens is 205 g/mol. The molecule has 3 heteroatoms. The van der Waals surface area contributed by atoms with Crippen LogP contribution in [0, 0.1) is 12.7 Å². The Balaban J connectivity index is 2.49. The van der Waals surface area contributed by atoms with Crippen molar-refractivity contribution in [3.8, 4) is 0 Å². The lowest BCUT2D eigenvalue weighted by Gasteiger charge is -2.23. The maximum Gasteiger partial charge on any atom is 0.125 e. The second kappa shape index (κ2) is 5.30. The van der Waals surface area contributed by atoms with Crippen molar-refractivity contribution in [1.82, 2.24) is 0 Å². The number of benzene rings is 1. The largest absolute Gasteiger partial charge is 0.385 e. The molecule has 0 atom stereocenters. The summed E-state index contributed by atoms with van der Waals surface area (Å²) in [6.07, 6.45) is 0.874. The van der Waals surface area contributed by atoms with Crippen LogP contribution in [-0.4, -0.2) is 19.3 Å². The summed E-state index contributed by atoms with van der Waals surface area (Å²) >= 11 is 0. The first kappa shape index (κ1) is 13.0. The van der Waals surface area contributed by atoms with Gasteiger partial charge in [0, 0.05) is 19.3 Å². The first-order valence-electron chi connectivity index (χ1n) is 5.49. The third kappa shape index (κ3) is 4.19. The quantitative estimate of drug-likeness (QED) is 0.829. The fraction of sp³-hybridized carbons (Fsp3) is 0.538. The number of halogens is 1. The van der Waals surface area contributed by atoms with Crippen LogP contribution in [0.4, 0.5) is 10.1 Å². The molecule has 16 heavy (non-hydrogen) atoms. The van der Waals surface area contributed by atoms with Crippen LogP contribution in [0.15, 0.2) is 18.2 Å². The van der Waals surface area contributed by atoms with Crippen LogP contribution in [-0.2, 0) is 4.74 Å². The lowest BCUT2D eigenvalue weighted by Crippen LogP contribution is -2.25. The topological polar surface area (TPSA) is 21.3 Å². The summed E-state index contributed by atoms with van der Waals surface area (Å²) in [5.41, 5.74) is 1.60. The molecule has 90 valence electrons. The minimum atomic E-state index is -0.200. The van der Waals surface area contributed by atoms with E-state index < -0.39 is 0 Å². The van der Waals surface area contributed by atoms with Crippen LogP contribution in [0.1, 0.15) is 25.8 Å². The highest BCUT2D eigenvalue weighted by Gasteiger charge is 2.15. The molecule has 0 aliphatic rings. The van der Waals surface area contributed by atoms with E-state index in [0.717, 1.165) is 24.2 Å². The summed E-state index contributed by atoms with van der Waals surface area (Å²) in [6, 6.07) is 4.96. The van der Waals surface area contributed by atoms with Crippen molar-refractivity contribution >= 4 is 5.69 Å². The number of methoxy groups -OCH3 is 1. The number of nitrogens with one attached hydrogen (secondary N) is 1. The molecule has 0 saturated heterocycles. The van der Waals surface area contributed by atoms with Crippen molar-refractivity contribution in [1.29, 1.82) is 0 Å². The zero-order valence-electron chi connectivity index (χ0n) is 10.4. The Morgan fingerprint density at radius 1 is 1.31 bits per heavy atom. The number of aryl methyl sites for hydroxylation is 1. The van der Waals surface area contributed by atoms with Crippen molar-refractivity contribution in [2.75, 3.05) is 19.0 Å². The Hall–Kier alpha value is -1.09. The van der Waals surface area contributed by atoms with E-state index >= 15 is 0 Å². The van der Waals surface area contributed by atoms with Crippen LogP contribution in [0.25, 0.3) is 0 Å². The van der Waals surface area contributed by atoms with Gasteiger partial charge < -0.3 is 10.1 Å². The highest BCUT2D eigenvalue weighted by molar-refractivity contribution is 5.45. The van der Waals surface area contributed by atoms with Gasteiger partial charge in [0.15, 0.2) is 0 Å². The van der Waals surface area contributed by atoms with Gasteiger partial charge in [-0.15, -0.1) is 0 Å². The summed E-state index contributed by atoms with van der Waals surface area (Å²) in [5.74, 6) is -0.200. The summed E-state index contributed by atoms with van der Waals surface area (Å²) in [6.45, 7) is 6.72. The van der Waals surface area contributed by atoms with Crippen LogP contribution in [0.3, 0.4) is 0 Å². The Morgan fingerprint density at radius 3 is 2.56 bits per heavy atom. The average Bonchev–Trinajstić information content (AvgIpc) is 2.16. The lowest BCUT2D eigenvalue weighted by molar-refractivity contribution is 0.0185. The van der Waals surface area contributed by atoms with Gasteiger partial charge in [-0.1, -0.05) is 0 Å². The van der Waals surface area contributed by atoms with Crippen molar-refractivity contribution in [2.24, 2.45) is 0 Å². The molecule has 0 aromatic heterocycles. The standard InChI is InChI=1S/C13H20FNO/c1-10-7-11(14)9-12(8-10)15-6-5-13(2,3)16-4/h7-9,15H,5-6H2,1-4H3. The summed E-state index contributed by atoms with van der Waals surface area (Å²) in [7, 11) is 1.70. The Bertz CT molecular complexity index is 330. The van der Waals surface area contributed by atoms with Gasteiger partial charge in [-0.25, -0.2) is 4.39 Å². The first-order valence-corrected chi connectivity index (χ1v) is 5.49. The molecule has 1 rings (SSSR count). The third-order valence-electron chi connectivity index (χ3n) is 2.65. The van der Waals surface area contributed by atoms with E-state index in [4.69, 9.17) is 4.74 Å². The summed E-state index contributed by atoms with van der Waals surface area (Å²) in [5, 5.41) is 3.20. The van der Waals surface area contributed by atoms with Crippen LogP contribution >= 0.6 is 0 Å². The highest BCUT2D eigenvalue weighted by Crippen LogP contribution is 2.16. The van der Waals surface area contributed by atoms with Crippen LogP contribution in [0.5, 0.6) is 0 Å². The van der Waals surface area contributed by atoms with Gasteiger partial charge in [-0.05, 0) is 51.0 Å². The minimum absolute atomic E-state index is 0.143. The van der Waals surface area contributed by atoms with E-state index in [0.29, 0.717) is 0 Å².